The topological polar surface area (TPSA) is 89.7 Å². The normalized spacial score (nSPS) is 14.0. The highest BCUT2D eigenvalue weighted by atomic mass is 16.5. The molecule has 1 atom stereocenters. The Kier molecular flexibility index (Phi) is 8.80. The van der Waals surface area contributed by atoms with Gasteiger partial charge in [0.05, 0.1) is 17.7 Å². The van der Waals surface area contributed by atoms with Crippen molar-refractivity contribution in [3.05, 3.63) is 52.7 Å². The number of unbranched alkanes of at least 4 members (excludes halogenated alkanes) is 6. The molecule has 7 nitrogen and oxygen atoms in total. The Morgan fingerprint density at radius 2 is 1.61 bits per heavy atom. The molecule has 33 heavy (non-hydrogen) atoms. The number of amides is 2. The van der Waals surface area contributed by atoms with Crippen molar-refractivity contribution in [1.82, 2.24) is 9.88 Å². The predicted molar refractivity (Wildman–Crippen MR) is 124 cm³/mol. The zero-order valence-electron chi connectivity index (χ0n) is 19.9. The number of carbonyl (C=O) groups is 3. The molecule has 0 saturated heterocycles. The Morgan fingerprint density at radius 1 is 1.00 bits per heavy atom. The highest BCUT2D eigenvalue weighted by Gasteiger charge is 2.40. The second kappa shape index (κ2) is 11.8. The maximum atomic E-state index is 13.1. The van der Waals surface area contributed by atoms with E-state index in [0.29, 0.717) is 29.2 Å². The van der Waals surface area contributed by atoms with Crippen molar-refractivity contribution in [2.75, 3.05) is 6.61 Å². The van der Waals surface area contributed by atoms with Crippen molar-refractivity contribution in [2.45, 2.75) is 84.6 Å². The number of oxazole rings is 1. The number of aryl methyl sites for hydroxylation is 1. The Hall–Kier alpha value is -2.96. The molecule has 0 unspecified atom stereocenters. The monoisotopic (exact) mass is 454 g/mol. The average Bonchev–Trinajstić information content (AvgIpc) is 3.29. The lowest BCUT2D eigenvalue weighted by Crippen LogP contribution is -2.41. The van der Waals surface area contributed by atoms with Crippen LogP contribution in [0.5, 0.6) is 0 Å². The molecular weight excluding hydrogens is 420 g/mol. The van der Waals surface area contributed by atoms with Gasteiger partial charge in [0.1, 0.15) is 5.76 Å². The highest BCUT2D eigenvalue weighted by molar-refractivity contribution is 6.21. The minimum absolute atomic E-state index is 0.142. The summed E-state index contributed by atoms with van der Waals surface area (Å²) in [5, 5.41) is 0. The van der Waals surface area contributed by atoms with Crippen LogP contribution in [0.25, 0.3) is 0 Å². The van der Waals surface area contributed by atoms with Crippen LogP contribution in [0, 0.1) is 6.92 Å². The first-order valence-corrected chi connectivity index (χ1v) is 12.1. The Bertz CT molecular complexity index is 946. The number of benzene rings is 1. The lowest BCUT2D eigenvalue weighted by Gasteiger charge is -2.25. The first kappa shape index (κ1) is 24.7. The van der Waals surface area contributed by atoms with Crippen molar-refractivity contribution in [3.63, 3.8) is 0 Å². The van der Waals surface area contributed by atoms with Gasteiger partial charge in [-0.25, -0.2) is 9.78 Å². The lowest BCUT2D eigenvalue weighted by molar-refractivity contribution is 0.0514. The van der Waals surface area contributed by atoms with Gasteiger partial charge in [-0.15, -0.1) is 0 Å². The summed E-state index contributed by atoms with van der Waals surface area (Å²) >= 11 is 0. The van der Waals surface area contributed by atoms with Crippen LogP contribution in [0.2, 0.25) is 0 Å². The number of fused-ring (bicyclic) bond motifs is 1. The Balaban J connectivity index is 1.74. The van der Waals surface area contributed by atoms with Crippen LogP contribution < -0.4 is 0 Å². The fraction of sp³-hybridized carbons (Fsp3) is 0.538. The molecule has 7 heteroatoms. The number of hydrogen-bond acceptors (Lipinski definition) is 6. The molecule has 0 fully saturated rings. The summed E-state index contributed by atoms with van der Waals surface area (Å²) in [4.78, 5) is 44.0. The number of rotatable bonds is 13. The van der Waals surface area contributed by atoms with E-state index in [1.165, 1.54) is 30.6 Å². The van der Waals surface area contributed by atoms with E-state index in [0.717, 1.165) is 19.3 Å². The van der Waals surface area contributed by atoms with Crippen molar-refractivity contribution in [2.24, 2.45) is 0 Å². The molecule has 0 spiro atoms. The summed E-state index contributed by atoms with van der Waals surface area (Å²) in [7, 11) is 0. The Labute approximate surface area is 195 Å². The zero-order valence-corrected chi connectivity index (χ0v) is 19.9. The number of ether oxygens (including phenoxy) is 1. The predicted octanol–water partition coefficient (Wildman–Crippen LogP) is 5.51. The molecule has 0 saturated carbocycles. The molecule has 3 rings (SSSR count). The van der Waals surface area contributed by atoms with E-state index in [2.05, 4.69) is 11.9 Å². The minimum atomic E-state index is -0.533. The van der Waals surface area contributed by atoms with Gasteiger partial charge >= 0.3 is 5.97 Å². The number of hydrogen-bond donors (Lipinski definition) is 0. The Morgan fingerprint density at radius 3 is 2.21 bits per heavy atom. The van der Waals surface area contributed by atoms with Crippen molar-refractivity contribution in [1.29, 1.82) is 0 Å². The number of esters is 1. The third-order valence-electron chi connectivity index (χ3n) is 6.05. The van der Waals surface area contributed by atoms with Crippen LogP contribution in [-0.4, -0.2) is 40.3 Å². The largest absolute Gasteiger partial charge is 0.461 e. The van der Waals surface area contributed by atoms with Crippen molar-refractivity contribution < 1.29 is 23.5 Å². The second-order valence-electron chi connectivity index (χ2n) is 8.53. The summed E-state index contributed by atoms with van der Waals surface area (Å²) in [6, 6.07) is 6.52. The molecule has 1 aromatic carbocycles. The van der Waals surface area contributed by atoms with Gasteiger partial charge in [0.25, 0.3) is 11.8 Å². The number of carbonyl (C=O) groups excluding carboxylic acids is 3. The fourth-order valence-electron chi connectivity index (χ4n) is 4.33. The third kappa shape index (κ3) is 5.89. The fourth-order valence-corrected chi connectivity index (χ4v) is 4.33. The van der Waals surface area contributed by atoms with E-state index < -0.39 is 5.97 Å². The van der Waals surface area contributed by atoms with Gasteiger partial charge in [0.2, 0.25) is 0 Å². The van der Waals surface area contributed by atoms with Crippen molar-refractivity contribution in [3.8, 4) is 0 Å². The van der Waals surface area contributed by atoms with E-state index in [-0.39, 0.29) is 36.6 Å². The molecule has 2 amide bonds. The maximum Gasteiger partial charge on any atom is 0.360 e. The molecule has 2 heterocycles. The molecule has 0 N–H and O–H groups in total. The molecule has 1 aromatic heterocycles. The smallest absolute Gasteiger partial charge is 0.360 e. The number of aromatic nitrogens is 1. The molecule has 0 radical (unpaired) electrons. The van der Waals surface area contributed by atoms with Gasteiger partial charge < -0.3 is 9.15 Å². The van der Waals surface area contributed by atoms with Crippen LogP contribution in [0.3, 0.4) is 0 Å². The summed E-state index contributed by atoms with van der Waals surface area (Å²) in [6.07, 6.45) is 8.92. The van der Waals surface area contributed by atoms with Crippen LogP contribution in [-0.2, 0) is 11.2 Å². The molecule has 1 aliphatic rings. The van der Waals surface area contributed by atoms with Crippen molar-refractivity contribution >= 4 is 17.8 Å². The van der Waals surface area contributed by atoms with E-state index in [1.807, 2.05) is 0 Å². The third-order valence-corrected chi connectivity index (χ3v) is 6.05. The van der Waals surface area contributed by atoms with Crippen LogP contribution >= 0.6 is 0 Å². The molecular formula is C26H34N2O5. The van der Waals surface area contributed by atoms with Gasteiger partial charge in [-0.2, -0.15) is 0 Å². The molecule has 2 aromatic rings. The van der Waals surface area contributed by atoms with Gasteiger partial charge in [-0.1, -0.05) is 64.0 Å². The van der Waals surface area contributed by atoms with Gasteiger partial charge in [-0.3, -0.25) is 14.5 Å². The van der Waals surface area contributed by atoms with Crippen LogP contribution in [0.15, 0.2) is 28.7 Å². The van der Waals surface area contributed by atoms with E-state index in [4.69, 9.17) is 9.15 Å². The van der Waals surface area contributed by atoms with Crippen LogP contribution in [0.1, 0.15) is 108 Å². The van der Waals surface area contributed by atoms with Gasteiger partial charge in [-0.05, 0) is 32.4 Å². The molecule has 0 aliphatic carbocycles. The quantitative estimate of drug-likeness (QED) is 0.225. The second-order valence-corrected chi connectivity index (χ2v) is 8.53. The molecule has 1 aliphatic heterocycles. The minimum Gasteiger partial charge on any atom is -0.461 e. The number of imide groups is 1. The average molecular weight is 455 g/mol. The molecule has 0 bridgehead atoms. The lowest BCUT2D eigenvalue weighted by atomic mass is 10.0. The zero-order chi connectivity index (χ0) is 23.8. The number of nitrogens with zero attached hydrogens (tertiary/aromatic N) is 2. The first-order valence-electron chi connectivity index (χ1n) is 12.1. The van der Waals surface area contributed by atoms with Gasteiger partial charge in [0, 0.05) is 12.5 Å². The highest BCUT2D eigenvalue weighted by Crippen LogP contribution is 2.28. The molecule has 178 valence electrons. The summed E-state index contributed by atoms with van der Waals surface area (Å²) in [6.45, 7) is 5.84. The maximum absolute atomic E-state index is 13.1. The van der Waals surface area contributed by atoms with Gasteiger partial charge in [0.15, 0.2) is 11.6 Å². The first-order chi connectivity index (χ1) is 16.0. The van der Waals surface area contributed by atoms with E-state index in [9.17, 15) is 14.4 Å². The van der Waals surface area contributed by atoms with E-state index in [1.54, 1.807) is 38.1 Å². The summed E-state index contributed by atoms with van der Waals surface area (Å²) < 4.78 is 10.8. The SMILES string of the molecule is CCCCCCCCC[C@H](Cc1nc(C(=O)OCC)c(C)o1)N1C(=O)c2ccccc2C1=O. The summed E-state index contributed by atoms with van der Waals surface area (Å²) in [5.41, 5.74) is 1.01. The standard InChI is InChI=1S/C26H34N2O5/c1-4-6-7-8-9-10-11-14-19(17-22-27-23(18(3)33-22)26(31)32-5-2)28-24(29)20-15-12-13-16-21(20)25(28)30/h12-13,15-16,19H,4-11,14,17H2,1-3H3/t19-/m1/s1. The van der Waals surface area contributed by atoms with E-state index >= 15 is 0 Å². The van der Waals surface area contributed by atoms with Crippen LogP contribution in [0.4, 0.5) is 0 Å². The summed E-state index contributed by atoms with van der Waals surface area (Å²) in [5.74, 6) is -0.384.